The molecule has 1 aromatic heterocycles. The van der Waals surface area contributed by atoms with E-state index in [0.717, 1.165) is 22.4 Å². The average Bonchev–Trinajstić information content (AvgIpc) is 3.06. The molecule has 118 valence electrons. The Morgan fingerprint density at radius 1 is 1.09 bits per heavy atom. The van der Waals surface area contributed by atoms with Crippen LogP contribution in [0.25, 0.3) is 10.9 Å². The smallest absolute Gasteiger partial charge is 0.251 e. The fraction of sp³-hybridized carbons (Fsp3) is 0.167. The quantitative estimate of drug-likeness (QED) is 0.688. The maximum Gasteiger partial charge on any atom is 0.251 e. The van der Waals surface area contributed by atoms with E-state index in [1.54, 1.807) is 13.2 Å². The molecule has 3 rings (SSSR count). The summed E-state index contributed by atoms with van der Waals surface area (Å²) in [5.41, 5.74) is 1.66. The van der Waals surface area contributed by atoms with Gasteiger partial charge in [0.25, 0.3) is 5.91 Å². The van der Waals surface area contributed by atoms with Gasteiger partial charge >= 0.3 is 0 Å². The van der Waals surface area contributed by atoms with Crippen molar-refractivity contribution >= 4 is 16.8 Å². The van der Waals surface area contributed by atoms with Crippen molar-refractivity contribution < 1.29 is 14.3 Å². The Morgan fingerprint density at radius 3 is 2.65 bits per heavy atom. The van der Waals surface area contributed by atoms with Crippen molar-refractivity contribution in [2.24, 2.45) is 0 Å². The van der Waals surface area contributed by atoms with E-state index in [2.05, 4.69) is 10.3 Å². The van der Waals surface area contributed by atoms with Crippen LogP contribution in [0, 0.1) is 0 Å². The lowest BCUT2D eigenvalue weighted by atomic mass is 10.1. The number of hydrogen-bond acceptors (Lipinski definition) is 3. The molecule has 1 heterocycles. The third kappa shape index (κ3) is 3.63. The molecule has 5 nitrogen and oxygen atoms in total. The zero-order valence-corrected chi connectivity index (χ0v) is 12.8. The van der Waals surface area contributed by atoms with Crippen LogP contribution in [-0.4, -0.2) is 31.2 Å². The summed E-state index contributed by atoms with van der Waals surface area (Å²) in [5.74, 6) is 1.42. The Balaban J connectivity index is 1.48. The van der Waals surface area contributed by atoms with Crippen LogP contribution in [0.4, 0.5) is 0 Å². The van der Waals surface area contributed by atoms with Gasteiger partial charge in [-0.25, -0.2) is 0 Å². The van der Waals surface area contributed by atoms with E-state index in [1.807, 2.05) is 48.7 Å². The average molecular weight is 310 g/mol. The number of methoxy groups -OCH3 is 1. The van der Waals surface area contributed by atoms with Gasteiger partial charge < -0.3 is 19.8 Å². The third-order valence-corrected chi connectivity index (χ3v) is 3.53. The van der Waals surface area contributed by atoms with E-state index >= 15 is 0 Å². The van der Waals surface area contributed by atoms with Crippen LogP contribution >= 0.6 is 0 Å². The molecule has 1 amide bonds. The van der Waals surface area contributed by atoms with Crippen molar-refractivity contribution in [1.82, 2.24) is 10.3 Å². The number of fused-ring (bicyclic) bond motifs is 1. The van der Waals surface area contributed by atoms with Gasteiger partial charge in [0.15, 0.2) is 0 Å². The second kappa shape index (κ2) is 6.87. The molecule has 0 atom stereocenters. The number of ether oxygens (including phenoxy) is 2. The summed E-state index contributed by atoms with van der Waals surface area (Å²) in [6.07, 6.45) is 1.86. The monoisotopic (exact) mass is 310 g/mol. The summed E-state index contributed by atoms with van der Waals surface area (Å²) < 4.78 is 10.7. The van der Waals surface area contributed by atoms with Crippen molar-refractivity contribution in [1.29, 1.82) is 0 Å². The first-order valence-electron chi connectivity index (χ1n) is 7.38. The van der Waals surface area contributed by atoms with Gasteiger partial charge in [0.05, 0.1) is 13.7 Å². The minimum Gasteiger partial charge on any atom is -0.497 e. The molecule has 0 unspecified atom stereocenters. The lowest BCUT2D eigenvalue weighted by molar-refractivity contribution is 0.0947. The largest absolute Gasteiger partial charge is 0.497 e. The number of rotatable bonds is 6. The van der Waals surface area contributed by atoms with Gasteiger partial charge in [0.1, 0.15) is 18.1 Å². The first-order chi connectivity index (χ1) is 11.3. The summed E-state index contributed by atoms with van der Waals surface area (Å²) in [6.45, 7) is 0.848. The third-order valence-electron chi connectivity index (χ3n) is 3.53. The molecule has 0 saturated carbocycles. The number of benzene rings is 2. The van der Waals surface area contributed by atoms with E-state index < -0.39 is 0 Å². The minimum atomic E-state index is -0.105. The standard InChI is InChI=1S/C18H18N2O3/c1-22-15-3-5-16(6-4-15)23-11-10-20-18(21)14-2-7-17-13(12-14)8-9-19-17/h2-9,12,19H,10-11H2,1H3,(H,20,21). The van der Waals surface area contributed by atoms with Crippen LogP contribution in [0.5, 0.6) is 11.5 Å². The maximum absolute atomic E-state index is 12.1. The first kappa shape index (κ1) is 15.0. The number of aromatic amines is 1. The number of H-pyrrole nitrogens is 1. The Labute approximate surface area is 134 Å². The minimum absolute atomic E-state index is 0.105. The molecule has 0 spiro atoms. The van der Waals surface area contributed by atoms with E-state index in [-0.39, 0.29) is 5.91 Å². The number of carbonyl (C=O) groups is 1. The molecule has 0 bridgehead atoms. The molecule has 0 aliphatic rings. The van der Waals surface area contributed by atoms with E-state index in [9.17, 15) is 4.79 Å². The van der Waals surface area contributed by atoms with Crippen molar-refractivity contribution in [3.63, 3.8) is 0 Å². The fourth-order valence-corrected chi connectivity index (χ4v) is 2.30. The SMILES string of the molecule is COc1ccc(OCCNC(=O)c2ccc3[nH]ccc3c2)cc1. The number of aromatic nitrogens is 1. The Hall–Kier alpha value is -2.95. The number of hydrogen-bond donors (Lipinski definition) is 2. The van der Waals surface area contributed by atoms with Crippen LogP contribution in [0.2, 0.25) is 0 Å². The summed E-state index contributed by atoms with van der Waals surface area (Å²) in [6, 6.07) is 14.8. The molecule has 2 N–H and O–H groups in total. The van der Waals surface area contributed by atoms with Crippen molar-refractivity contribution in [2.45, 2.75) is 0 Å². The lowest BCUT2D eigenvalue weighted by Crippen LogP contribution is -2.28. The van der Waals surface area contributed by atoms with Crippen LogP contribution < -0.4 is 14.8 Å². The van der Waals surface area contributed by atoms with Crippen LogP contribution in [0.3, 0.4) is 0 Å². The van der Waals surface area contributed by atoms with Gasteiger partial charge in [-0.05, 0) is 48.5 Å². The van der Waals surface area contributed by atoms with Gasteiger partial charge in [0, 0.05) is 22.7 Å². The molecule has 23 heavy (non-hydrogen) atoms. The van der Waals surface area contributed by atoms with Gasteiger partial charge in [-0.3, -0.25) is 4.79 Å². The molecule has 2 aromatic carbocycles. The molecule has 0 aliphatic heterocycles. The summed E-state index contributed by atoms with van der Waals surface area (Å²) >= 11 is 0. The highest BCUT2D eigenvalue weighted by atomic mass is 16.5. The van der Waals surface area contributed by atoms with Crippen molar-refractivity contribution in [3.8, 4) is 11.5 Å². The van der Waals surface area contributed by atoms with E-state index in [4.69, 9.17) is 9.47 Å². The number of carbonyl (C=O) groups excluding carboxylic acids is 1. The molecule has 0 aliphatic carbocycles. The Bertz CT molecular complexity index is 793. The molecule has 0 radical (unpaired) electrons. The highest BCUT2D eigenvalue weighted by molar-refractivity contribution is 5.98. The lowest BCUT2D eigenvalue weighted by Gasteiger charge is -2.08. The normalized spacial score (nSPS) is 10.5. The highest BCUT2D eigenvalue weighted by Gasteiger charge is 2.06. The van der Waals surface area contributed by atoms with Crippen molar-refractivity contribution in [2.75, 3.05) is 20.3 Å². The topological polar surface area (TPSA) is 63.4 Å². The second-order valence-corrected chi connectivity index (χ2v) is 5.06. The van der Waals surface area contributed by atoms with Crippen LogP contribution in [0.1, 0.15) is 10.4 Å². The summed E-state index contributed by atoms with van der Waals surface area (Å²) in [7, 11) is 1.62. The molecular weight excluding hydrogens is 292 g/mol. The first-order valence-corrected chi connectivity index (χ1v) is 7.38. The predicted octanol–water partition coefficient (Wildman–Crippen LogP) is 2.99. The number of nitrogens with one attached hydrogen (secondary N) is 2. The van der Waals surface area contributed by atoms with Crippen molar-refractivity contribution in [3.05, 3.63) is 60.3 Å². The van der Waals surface area contributed by atoms with Gasteiger partial charge in [-0.2, -0.15) is 0 Å². The second-order valence-electron chi connectivity index (χ2n) is 5.06. The fourth-order valence-electron chi connectivity index (χ4n) is 2.30. The Kier molecular flexibility index (Phi) is 4.47. The molecule has 0 fully saturated rings. The zero-order chi connectivity index (χ0) is 16.1. The number of amides is 1. The zero-order valence-electron chi connectivity index (χ0n) is 12.8. The summed E-state index contributed by atoms with van der Waals surface area (Å²) in [5, 5.41) is 3.87. The van der Waals surface area contributed by atoms with Crippen LogP contribution in [-0.2, 0) is 0 Å². The van der Waals surface area contributed by atoms with Crippen LogP contribution in [0.15, 0.2) is 54.7 Å². The van der Waals surface area contributed by atoms with E-state index in [0.29, 0.717) is 18.7 Å². The molecule has 3 aromatic rings. The molecule has 0 saturated heterocycles. The summed E-state index contributed by atoms with van der Waals surface area (Å²) in [4.78, 5) is 15.2. The molecular formula is C18H18N2O3. The highest BCUT2D eigenvalue weighted by Crippen LogP contribution is 2.17. The Morgan fingerprint density at radius 2 is 1.87 bits per heavy atom. The maximum atomic E-state index is 12.1. The van der Waals surface area contributed by atoms with Gasteiger partial charge in [0.2, 0.25) is 0 Å². The molecule has 5 heteroatoms. The van der Waals surface area contributed by atoms with E-state index in [1.165, 1.54) is 0 Å². The van der Waals surface area contributed by atoms with Gasteiger partial charge in [-0.1, -0.05) is 0 Å². The van der Waals surface area contributed by atoms with Gasteiger partial charge in [-0.15, -0.1) is 0 Å². The predicted molar refractivity (Wildman–Crippen MR) is 89.1 cm³/mol.